The molecule has 116 valence electrons. The number of amides is 1. The Labute approximate surface area is 133 Å². The van der Waals surface area contributed by atoms with Crippen LogP contribution in [0.2, 0.25) is 0 Å². The first-order valence-corrected chi connectivity index (χ1v) is 9.63. The number of carbonyl (C=O) groups is 1. The van der Waals surface area contributed by atoms with Crippen LogP contribution in [-0.4, -0.2) is 27.1 Å². The molecule has 0 aliphatic carbocycles. The zero-order valence-electron chi connectivity index (χ0n) is 12.1. The van der Waals surface area contributed by atoms with Crippen LogP contribution in [0.4, 0.5) is 11.4 Å². The minimum absolute atomic E-state index is 0.184. The number of nitrogens with zero attached hydrogens (tertiary/aromatic N) is 1. The Hall–Kier alpha value is -1.86. The molecule has 2 aromatic rings. The number of benzene rings is 1. The number of hydrogen-bond donors (Lipinski definition) is 1. The Kier molecular flexibility index (Phi) is 3.92. The summed E-state index contributed by atoms with van der Waals surface area (Å²) in [5.74, 6) is -0.184. The van der Waals surface area contributed by atoms with E-state index >= 15 is 0 Å². The lowest BCUT2D eigenvalue weighted by molar-refractivity contribution is 0.103. The number of thiophene rings is 1. The lowest BCUT2D eigenvalue weighted by Crippen LogP contribution is -2.34. The first-order valence-electron chi connectivity index (χ1n) is 6.90. The average molecular weight is 336 g/mol. The van der Waals surface area contributed by atoms with Crippen molar-refractivity contribution in [2.75, 3.05) is 22.4 Å². The summed E-state index contributed by atoms with van der Waals surface area (Å²) >= 11 is 1.37. The van der Waals surface area contributed by atoms with Gasteiger partial charge in [-0.2, -0.15) is 0 Å². The van der Waals surface area contributed by atoms with Crippen molar-refractivity contribution in [3.05, 3.63) is 46.2 Å². The second kappa shape index (κ2) is 5.73. The number of aryl methyl sites for hydroxylation is 1. The van der Waals surface area contributed by atoms with E-state index in [1.807, 2.05) is 23.6 Å². The Morgan fingerprint density at radius 3 is 2.82 bits per heavy atom. The predicted octanol–water partition coefficient (Wildman–Crippen LogP) is 2.71. The van der Waals surface area contributed by atoms with Crippen molar-refractivity contribution in [1.29, 1.82) is 0 Å². The number of anilines is 2. The number of rotatable bonds is 3. The molecule has 1 amide bonds. The quantitative estimate of drug-likeness (QED) is 0.937. The number of sulfonamides is 1. The van der Waals surface area contributed by atoms with Gasteiger partial charge in [0.15, 0.2) is 0 Å². The van der Waals surface area contributed by atoms with Crippen molar-refractivity contribution in [2.45, 2.75) is 12.8 Å². The van der Waals surface area contributed by atoms with Crippen molar-refractivity contribution in [3.63, 3.8) is 0 Å². The number of hydrogen-bond acceptors (Lipinski definition) is 4. The smallest absolute Gasteiger partial charge is 0.265 e. The average Bonchev–Trinajstić information content (AvgIpc) is 2.99. The zero-order valence-corrected chi connectivity index (χ0v) is 13.7. The molecule has 1 aliphatic heterocycles. The van der Waals surface area contributed by atoms with Crippen LogP contribution in [0.5, 0.6) is 0 Å². The summed E-state index contributed by atoms with van der Waals surface area (Å²) in [6.07, 6.45) is 2.86. The molecular formula is C15H16N2O3S2. The van der Waals surface area contributed by atoms with Crippen molar-refractivity contribution in [2.24, 2.45) is 0 Å². The van der Waals surface area contributed by atoms with E-state index in [1.54, 1.807) is 12.1 Å². The number of nitrogens with one attached hydrogen (secondary N) is 1. The maximum atomic E-state index is 12.1. The van der Waals surface area contributed by atoms with Crippen LogP contribution < -0.4 is 9.62 Å². The molecule has 3 rings (SSSR count). The summed E-state index contributed by atoms with van der Waals surface area (Å²) in [5, 5.41) is 4.66. The molecule has 0 spiro atoms. The Bertz CT molecular complexity index is 798. The van der Waals surface area contributed by atoms with Crippen LogP contribution in [0.25, 0.3) is 0 Å². The lowest BCUT2D eigenvalue weighted by atomic mass is 10.0. The molecule has 2 heterocycles. The minimum atomic E-state index is -3.31. The van der Waals surface area contributed by atoms with Crippen LogP contribution >= 0.6 is 11.3 Å². The number of carbonyl (C=O) groups excluding carboxylic acids is 1. The fourth-order valence-electron chi connectivity index (χ4n) is 2.56. The Morgan fingerprint density at radius 2 is 2.14 bits per heavy atom. The Balaban J connectivity index is 1.91. The summed E-state index contributed by atoms with van der Waals surface area (Å²) in [5.41, 5.74) is 2.26. The van der Waals surface area contributed by atoms with E-state index in [0.717, 1.165) is 18.4 Å². The van der Waals surface area contributed by atoms with Crippen LogP contribution in [0, 0.1) is 0 Å². The van der Waals surface area contributed by atoms with Gasteiger partial charge in [0.1, 0.15) is 0 Å². The molecule has 1 N–H and O–H groups in total. The normalized spacial score (nSPS) is 14.5. The molecule has 0 fully saturated rings. The second-order valence-corrected chi connectivity index (χ2v) is 8.07. The molecule has 22 heavy (non-hydrogen) atoms. The zero-order chi connectivity index (χ0) is 15.7. The third-order valence-electron chi connectivity index (χ3n) is 3.56. The van der Waals surface area contributed by atoms with Gasteiger partial charge in [-0.25, -0.2) is 8.42 Å². The summed E-state index contributed by atoms with van der Waals surface area (Å²) < 4.78 is 25.2. The summed E-state index contributed by atoms with van der Waals surface area (Å²) in [7, 11) is -3.31. The third kappa shape index (κ3) is 3.00. The highest BCUT2D eigenvalue weighted by Crippen LogP contribution is 2.31. The summed E-state index contributed by atoms with van der Waals surface area (Å²) in [6.45, 7) is 0.480. The first kappa shape index (κ1) is 15.1. The molecule has 0 saturated carbocycles. The predicted molar refractivity (Wildman–Crippen MR) is 89.2 cm³/mol. The van der Waals surface area contributed by atoms with E-state index in [2.05, 4.69) is 5.32 Å². The largest absolute Gasteiger partial charge is 0.321 e. The van der Waals surface area contributed by atoms with Gasteiger partial charge in [0.05, 0.1) is 16.8 Å². The molecule has 0 bridgehead atoms. The Morgan fingerprint density at radius 1 is 1.32 bits per heavy atom. The molecule has 5 nitrogen and oxygen atoms in total. The van der Waals surface area contributed by atoms with E-state index in [0.29, 0.717) is 22.8 Å². The van der Waals surface area contributed by atoms with Crippen molar-refractivity contribution < 1.29 is 13.2 Å². The highest BCUT2D eigenvalue weighted by atomic mass is 32.2. The van der Waals surface area contributed by atoms with Crippen LogP contribution in [0.3, 0.4) is 0 Å². The topological polar surface area (TPSA) is 66.5 Å². The molecule has 7 heteroatoms. The van der Waals surface area contributed by atoms with E-state index in [4.69, 9.17) is 0 Å². The fraction of sp³-hybridized carbons (Fsp3) is 0.267. The fourth-order valence-corrected chi connectivity index (χ4v) is 4.17. The lowest BCUT2D eigenvalue weighted by Gasteiger charge is -2.29. The van der Waals surface area contributed by atoms with E-state index in [1.165, 1.54) is 21.9 Å². The molecular weight excluding hydrogens is 320 g/mol. The van der Waals surface area contributed by atoms with Gasteiger partial charge in [-0.05, 0) is 42.0 Å². The molecule has 0 atom stereocenters. The maximum Gasteiger partial charge on any atom is 0.265 e. The van der Waals surface area contributed by atoms with Gasteiger partial charge in [0.25, 0.3) is 5.91 Å². The van der Waals surface area contributed by atoms with E-state index in [9.17, 15) is 13.2 Å². The van der Waals surface area contributed by atoms with Crippen molar-refractivity contribution >= 4 is 38.6 Å². The van der Waals surface area contributed by atoms with Gasteiger partial charge in [0, 0.05) is 12.2 Å². The van der Waals surface area contributed by atoms with E-state index in [-0.39, 0.29) is 5.91 Å². The van der Waals surface area contributed by atoms with Gasteiger partial charge in [-0.1, -0.05) is 12.1 Å². The van der Waals surface area contributed by atoms with Crippen molar-refractivity contribution in [1.82, 2.24) is 0 Å². The third-order valence-corrected chi connectivity index (χ3v) is 5.61. The molecule has 0 saturated heterocycles. The highest BCUT2D eigenvalue weighted by Gasteiger charge is 2.24. The van der Waals surface area contributed by atoms with Crippen LogP contribution in [0.15, 0.2) is 35.7 Å². The van der Waals surface area contributed by atoms with Gasteiger partial charge in [-0.15, -0.1) is 11.3 Å². The summed E-state index contributed by atoms with van der Waals surface area (Å²) in [6, 6.07) is 9.01. The van der Waals surface area contributed by atoms with Crippen LogP contribution in [-0.2, 0) is 16.4 Å². The van der Waals surface area contributed by atoms with Crippen molar-refractivity contribution in [3.8, 4) is 0 Å². The second-order valence-electron chi connectivity index (χ2n) is 5.21. The van der Waals surface area contributed by atoms with Gasteiger partial charge in [0.2, 0.25) is 10.0 Å². The number of fused-ring (bicyclic) bond motifs is 1. The maximum absolute atomic E-state index is 12.1. The molecule has 1 aromatic heterocycles. The first-order chi connectivity index (χ1) is 10.4. The minimum Gasteiger partial charge on any atom is -0.321 e. The monoisotopic (exact) mass is 336 g/mol. The van der Waals surface area contributed by atoms with E-state index < -0.39 is 10.0 Å². The summed E-state index contributed by atoms with van der Waals surface area (Å²) in [4.78, 5) is 12.7. The molecule has 0 radical (unpaired) electrons. The molecule has 1 aromatic carbocycles. The van der Waals surface area contributed by atoms with Crippen LogP contribution in [0.1, 0.15) is 21.7 Å². The van der Waals surface area contributed by atoms with Gasteiger partial charge >= 0.3 is 0 Å². The van der Waals surface area contributed by atoms with Gasteiger partial charge in [-0.3, -0.25) is 9.10 Å². The van der Waals surface area contributed by atoms with Gasteiger partial charge < -0.3 is 5.32 Å². The standard InChI is InChI=1S/C15H16N2O3S2/c1-22(19,20)17-8-2-4-11-6-7-12(10-13(11)17)16-15(18)14-5-3-9-21-14/h3,5-7,9-10H,2,4,8H2,1H3,(H,16,18). The highest BCUT2D eigenvalue weighted by molar-refractivity contribution is 7.92. The molecule has 1 aliphatic rings. The molecule has 0 unspecified atom stereocenters. The SMILES string of the molecule is CS(=O)(=O)N1CCCc2ccc(NC(=O)c3cccs3)cc21.